The number of halogens is 1. The minimum absolute atomic E-state index is 0.0132. The van der Waals surface area contributed by atoms with Crippen LogP contribution in [-0.2, 0) is 0 Å². The second kappa shape index (κ2) is 2.54. The highest BCUT2D eigenvalue weighted by molar-refractivity contribution is 5.24. The summed E-state index contributed by atoms with van der Waals surface area (Å²) in [5, 5.41) is 0. The second-order valence-electron chi connectivity index (χ2n) is 4.64. The maximum Gasteiger partial charge on any atom is 0.141 e. The summed E-state index contributed by atoms with van der Waals surface area (Å²) in [5.41, 5.74) is 7.49. The molecule has 14 heavy (non-hydrogen) atoms. The van der Waals surface area contributed by atoms with Crippen LogP contribution >= 0.6 is 0 Å². The molecule has 2 aliphatic rings. The number of pyridine rings is 1. The molecular formula is C11H13FN2. The predicted octanol–water partition coefficient (Wildman–Crippen LogP) is 2.02. The fourth-order valence-electron chi connectivity index (χ4n) is 2.47. The van der Waals surface area contributed by atoms with E-state index in [0.29, 0.717) is 11.3 Å². The van der Waals surface area contributed by atoms with E-state index in [-0.39, 0.29) is 11.9 Å². The van der Waals surface area contributed by atoms with Gasteiger partial charge in [0, 0.05) is 12.2 Å². The van der Waals surface area contributed by atoms with Crippen molar-refractivity contribution in [3.05, 3.63) is 29.8 Å². The smallest absolute Gasteiger partial charge is 0.141 e. The van der Waals surface area contributed by atoms with Crippen LogP contribution in [0.15, 0.2) is 18.5 Å². The van der Waals surface area contributed by atoms with Crippen molar-refractivity contribution >= 4 is 0 Å². The molecule has 3 heteroatoms. The van der Waals surface area contributed by atoms with Crippen molar-refractivity contribution in [3.8, 4) is 0 Å². The zero-order valence-corrected chi connectivity index (χ0v) is 7.91. The van der Waals surface area contributed by atoms with Crippen LogP contribution in [0.25, 0.3) is 0 Å². The van der Waals surface area contributed by atoms with Gasteiger partial charge in [0.15, 0.2) is 0 Å². The van der Waals surface area contributed by atoms with Crippen LogP contribution in [0.2, 0.25) is 0 Å². The van der Waals surface area contributed by atoms with Crippen LogP contribution < -0.4 is 5.73 Å². The summed E-state index contributed by atoms with van der Waals surface area (Å²) in [6, 6.07) is 1.49. The fourth-order valence-corrected chi connectivity index (χ4v) is 2.47. The molecule has 1 heterocycles. The van der Waals surface area contributed by atoms with Gasteiger partial charge in [-0.25, -0.2) is 4.39 Å². The van der Waals surface area contributed by atoms with E-state index < -0.39 is 0 Å². The molecule has 2 nitrogen and oxygen atoms in total. The molecule has 1 aromatic heterocycles. The van der Waals surface area contributed by atoms with E-state index in [2.05, 4.69) is 4.98 Å². The Balaban J connectivity index is 1.81. The predicted molar refractivity (Wildman–Crippen MR) is 50.9 cm³/mol. The number of hydrogen-bond donors (Lipinski definition) is 1. The van der Waals surface area contributed by atoms with Crippen LogP contribution in [0.1, 0.15) is 30.9 Å². The maximum atomic E-state index is 12.9. The lowest BCUT2D eigenvalue weighted by atomic mass is 10.0. The zero-order valence-electron chi connectivity index (χ0n) is 7.91. The number of nitrogens with zero attached hydrogens (tertiary/aromatic N) is 1. The molecule has 1 spiro atoms. The number of aromatic nitrogens is 1. The third-order valence-corrected chi connectivity index (χ3v) is 3.69. The molecule has 2 unspecified atom stereocenters. The van der Waals surface area contributed by atoms with Gasteiger partial charge in [-0.3, -0.25) is 4.98 Å². The molecule has 2 atom stereocenters. The quantitative estimate of drug-likeness (QED) is 0.778. The summed E-state index contributed by atoms with van der Waals surface area (Å²) in [7, 11) is 0. The molecule has 0 radical (unpaired) electrons. The van der Waals surface area contributed by atoms with Crippen LogP contribution in [0, 0.1) is 17.2 Å². The van der Waals surface area contributed by atoms with Crippen LogP contribution in [0.5, 0.6) is 0 Å². The van der Waals surface area contributed by atoms with Gasteiger partial charge >= 0.3 is 0 Å². The van der Waals surface area contributed by atoms with Gasteiger partial charge in [0.05, 0.1) is 6.20 Å². The van der Waals surface area contributed by atoms with E-state index in [1.54, 1.807) is 6.20 Å². The van der Waals surface area contributed by atoms with Crippen molar-refractivity contribution in [3.63, 3.8) is 0 Å². The normalized spacial score (nSPS) is 28.9. The molecule has 2 saturated carbocycles. The molecule has 0 aliphatic heterocycles. The van der Waals surface area contributed by atoms with Gasteiger partial charge in [-0.05, 0) is 42.2 Å². The second-order valence-corrected chi connectivity index (χ2v) is 4.64. The van der Waals surface area contributed by atoms with E-state index >= 15 is 0 Å². The van der Waals surface area contributed by atoms with Crippen molar-refractivity contribution in [2.75, 3.05) is 0 Å². The minimum Gasteiger partial charge on any atom is -0.324 e. The molecule has 74 valence electrons. The highest BCUT2D eigenvalue weighted by atomic mass is 19.1. The number of nitrogens with two attached hydrogens (primary N) is 1. The Bertz CT molecular complexity index is 373. The molecule has 2 fully saturated rings. The number of hydrogen-bond acceptors (Lipinski definition) is 2. The molecule has 0 saturated heterocycles. The standard InChI is InChI=1S/C11H13FN2/c12-8-3-7(5-14-6-8)10(13)9-4-11(9)1-2-11/h3,5-6,9-10H,1-2,4,13H2. The Morgan fingerprint density at radius 3 is 2.86 bits per heavy atom. The number of rotatable bonds is 2. The van der Waals surface area contributed by atoms with Gasteiger partial charge in [-0.2, -0.15) is 0 Å². The Morgan fingerprint density at radius 2 is 2.29 bits per heavy atom. The van der Waals surface area contributed by atoms with Gasteiger partial charge in [-0.1, -0.05) is 0 Å². The zero-order chi connectivity index (χ0) is 9.76. The van der Waals surface area contributed by atoms with Crippen molar-refractivity contribution in [1.82, 2.24) is 4.98 Å². The van der Waals surface area contributed by atoms with Gasteiger partial charge in [0.1, 0.15) is 5.82 Å². The topological polar surface area (TPSA) is 38.9 Å². The van der Waals surface area contributed by atoms with Gasteiger partial charge in [-0.15, -0.1) is 0 Å². The van der Waals surface area contributed by atoms with Crippen LogP contribution in [0.4, 0.5) is 4.39 Å². The Kier molecular flexibility index (Phi) is 1.52. The minimum atomic E-state index is -0.288. The highest BCUT2D eigenvalue weighted by Gasteiger charge is 2.64. The fraction of sp³-hybridized carbons (Fsp3) is 0.545. The average Bonchev–Trinajstić information content (AvgIpc) is 3.07. The van der Waals surface area contributed by atoms with E-state index in [0.717, 1.165) is 5.56 Å². The average molecular weight is 192 g/mol. The summed E-state index contributed by atoms with van der Waals surface area (Å²) in [6.45, 7) is 0. The molecule has 1 aromatic rings. The van der Waals surface area contributed by atoms with Gasteiger partial charge in [0.25, 0.3) is 0 Å². The summed E-state index contributed by atoms with van der Waals surface area (Å²) < 4.78 is 12.9. The van der Waals surface area contributed by atoms with Gasteiger partial charge in [0.2, 0.25) is 0 Å². The first-order chi connectivity index (χ1) is 6.71. The first-order valence-corrected chi connectivity index (χ1v) is 5.07. The molecule has 0 amide bonds. The largest absolute Gasteiger partial charge is 0.324 e. The summed E-state index contributed by atoms with van der Waals surface area (Å²) >= 11 is 0. The molecule has 2 N–H and O–H groups in total. The van der Waals surface area contributed by atoms with Crippen molar-refractivity contribution < 1.29 is 4.39 Å². The van der Waals surface area contributed by atoms with Crippen molar-refractivity contribution in [2.45, 2.75) is 25.3 Å². The maximum absolute atomic E-state index is 12.9. The third kappa shape index (κ3) is 1.16. The summed E-state index contributed by atoms with van der Waals surface area (Å²) in [5.74, 6) is 0.287. The molecule has 2 aliphatic carbocycles. The monoisotopic (exact) mass is 192 g/mol. The third-order valence-electron chi connectivity index (χ3n) is 3.69. The summed E-state index contributed by atoms with van der Waals surface area (Å²) in [6.07, 6.45) is 6.76. The van der Waals surface area contributed by atoms with Crippen molar-refractivity contribution in [1.29, 1.82) is 0 Å². The lowest BCUT2D eigenvalue weighted by molar-refractivity contribution is 0.558. The van der Waals surface area contributed by atoms with E-state index in [9.17, 15) is 4.39 Å². The van der Waals surface area contributed by atoms with Crippen LogP contribution in [-0.4, -0.2) is 4.98 Å². The first kappa shape index (κ1) is 8.36. The lowest BCUT2D eigenvalue weighted by Crippen LogP contribution is -2.14. The molecule has 3 rings (SSSR count). The van der Waals surface area contributed by atoms with Crippen LogP contribution in [0.3, 0.4) is 0 Å². The first-order valence-electron chi connectivity index (χ1n) is 5.07. The SMILES string of the molecule is NC(c1cncc(F)c1)C1CC12CC2. The Labute approximate surface area is 82.3 Å². The molecular weight excluding hydrogens is 179 g/mol. The highest BCUT2D eigenvalue weighted by Crippen LogP contribution is 2.73. The van der Waals surface area contributed by atoms with E-state index in [1.807, 2.05) is 0 Å². The van der Waals surface area contributed by atoms with E-state index in [1.165, 1.54) is 31.5 Å². The Morgan fingerprint density at radius 1 is 1.50 bits per heavy atom. The van der Waals surface area contributed by atoms with Gasteiger partial charge < -0.3 is 5.73 Å². The van der Waals surface area contributed by atoms with Crippen molar-refractivity contribution in [2.24, 2.45) is 17.1 Å². The van der Waals surface area contributed by atoms with E-state index in [4.69, 9.17) is 5.73 Å². The molecule has 0 bridgehead atoms. The molecule has 0 aromatic carbocycles. The lowest BCUT2D eigenvalue weighted by Gasteiger charge is -2.10. The Hall–Kier alpha value is -0.960. The summed E-state index contributed by atoms with van der Waals surface area (Å²) in [4.78, 5) is 3.83.